The van der Waals surface area contributed by atoms with Gasteiger partial charge in [-0.25, -0.2) is 4.79 Å². The van der Waals surface area contributed by atoms with E-state index >= 15 is 0 Å². The monoisotopic (exact) mass is 482 g/mol. The van der Waals surface area contributed by atoms with Gasteiger partial charge in [-0.15, -0.1) is 0 Å². The molecule has 1 heterocycles. The first-order chi connectivity index (χ1) is 16.3. The first-order valence-corrected chi connectivity index (χ1v) is 12.3. The summed E-state index contributed by atoms with van der Waals surface area (Å²) in [6.07, 6.45) is 2.04. The van der Waals surface area contributed by atoms with Gasteiger partial charge in [0.25, 0.3) is 0 Å². The number of hydrogen-bond donors (Lipinski definition) is 2. The fourth-order valence-corrected chi connectivity index (χ4v) is 5.21. The minimum absolute atomic E-state index is 0.193. The van der Waals surface area contributed by atoms with Crippen molar-refractivity contribution < 1.29 is 24.3 Å². The van der Waals surface area contributed by atoms with Crippen LogP contribution >= 0.6 is 11.8 Å². The Hall–Kier alpha value is -3.13. The van der Waals surface area contributed by atoms with E-state index in [0.29, 0.717) is 25.7 Å². The second-order valence-electron chi connectivity index (χ2n) is 8.48. The average Bonchev–Trinajstić information content (AvgIpc) is 2.83. The number of carboxylic acid groups (broad SMARTS) is 1. The van der Waals surface area contributed by atoms with Crippen LogP contribution in [0.2, 0.25) is 0 Å². The standard InChI is InChI=1S/C26H30N2O5S/c1-17(27-24(30)23(34-18(2)29)16-19-10-5-3-6-11-19)25(31)28-21(20-12-7-4-8-13-20)14-9-15-22(28)26(32)33/h3-8,10-13,17,21-23H,9,14-16H2,1-2H3,(H,27,30)(H,32,33). The van der Waals surface area contributed by atoms with E-state index in [4.69, 9.17) is 0 Å². The Bertz CT molecular complexity index is 1010. The van der Waals surface area contributed by atoms with Crippen LogP contribution in [-0.2, 0) is 25.6 Å². The SMILES string of the molecule is CC(=O)SC(Cc1ccccc1)C(=O)NC(C)C(=O)N1C(C(=O)O)CCCC1c1ccccc1. The molecule has 1 saturated heterocycles. The van der Waals surface area contributed by atoms with Crippen molar-refractivity contribution in [2.24, 2.45) is 0 Å². The molecule has 8 heteroatoms. The second kappa shape index (κ2) is 11.8. The second-order valence-corrected chi connectivity index (χ2v) is 9.85. The summed E-state index contributed by atoms with van der Waals surface area (Å²) in [4.78, 5) is 51.8. The quantitative estimate of drug-likeness (QED) is 0.596. The summed E-state index contributed by atoms with van der Waals surface area (Å²) >= 11 is 0.925. The molecule has 7 nitrogen and oxygen atoms in total. The molecular formula is C26H30N2O5S. The van der Waals surface area contributed by atoms with E-state index in [1.807, 2.05) is 60.7 Å². The number of thioether (sulfide) groups is 1. The number of carbonyl (C=O) groups excluding carboxylic acids is 3. The van der Waals surface area contributed by atoms with Gasteiger partial charge >= 0.3 is 5.97 Å². The lowest BCUT2D eigenvalue weighted by atomic mass is 9.90. The molecule has 2 amide bonds. The molecule has 1 fully saturated rings. The molecule has 0 spiro atoms. The Balaban J connectivity index is 1.79. The molecule has 180 valence electrons. The van der Waals surface area contributed by atoms with Crippen molar-refractivity contribution in [2.45, 2.75) is 62.9 Å². The fourth-order valence-electron chi connectivity index (χ4n) is 4.36. The third-order valence-electron chi connectivity index (χ3n) is 5.94. The zero-order chi connectivity index (χ0) is 24.7. The van der Waals surface area contributed by atoms with Gasteiger partial charge in [-0.3, -0.25) is 14.4 Å². The lowest BCUT2D eigenvalue weighted by Gasteiger charge is -2.41. The number of nitrogens with zero attached hydrogens (tertiary/aromatic N) is 1. The third-order valence-corrected chi connectivity index (χ3v) is 6.94. The number of rotatable bonds is 8. The molecule has 0 saturated carbocycles. The molecule has 4 atom stereocenters. The first kappa shape index (κ1) is 25.5. The van der Waals surface area contributed by atoms with Crippen LogP contribution < -0.4 is 5.32 Å². The minimum Gasteiger partial charge on any atom is -0.480 e. The zero-order valence-corrected chi connectivity index (χ0v) is 20.2. The highest BCUT2D eigenvalue weighted by molar-refractivity contribution is 8.14. The van der Waals surface area contributed by atoms with Crippen LogP contribution in [-0.4, -0.2) is 50.2 Å². The Morgan fingerprint density at radius 2 is 1.65 bits per heavy atom. The number of hydrogen-bond acceptors (Lipinski definition) is 5. The van der Waals surface area contributed by atoms with Gasteiger partial charge in [0.05, 0.1) is 11.3 Å². The van der Waals surface area contributed by atoms with Crippen molar-refractivity contribution in [1.29, 1.82) is 0 Å². The lowest BCUT2D eigenvalue weighted by Crippen LogP contribution is -2.56. The Morgan fingerprint density at radius 3 is 2.24 bits per heavy atom. The van der Waals surface area contributed by atoms with Crippen LogP contribution in [0.3, 0.4) is 0 Å². The summed E-state index contributed by atoms with van der Waals surface area (Å²) in [6.45, 7) is 2.97. The maximum absolute atomic E-state index is 13.5. The van der Waals surface area contributed by atoms with Crippen LogP contribution in [0, 0.1) is 0 Å². The van der Waals surface area contributed by atoms with E-state index in [9.17, 15) is 24.3 Å². The average molecular weight is 483 g/mol. The summed E-state index contributed by atoms with van der Waals surface area (Å²) in [6, 6.07) is 16.4. The maximum atomic E-state index is 13.5. The normalized spacial score (nSPS) is 19.6. The fraction of sp³-hybridized carbons (Fsp3) is 0.385. The highest BCUT2D eigenvalue weighted by Gasteiger charge is 2.41. The molecule has 34 heavy (non-hydrogen) atoms. The van der Waals surface area contributed by atoms with E-state index < -0.39 is 35.1 Å². The minimum atomic E-state index is -1.05. The lowest BCUT2D eigenvalue weighted by molar-refractivity contribution is -0.156. The molecule has 4 unspecified atom stereocenters. The van der Waals surface area contributed by atoms with Crippen LogP contribution in [0.4, 0.5) is 0 Å². The first-order valence-electron chi connectivity index (χ1n) is 11.4. The smallest absolute Gasteiger partial charge is 0.326 e. The van der Waals surface area contributed by atoms with Crippen molar-refractivity contribution in [2.75, 3.05) is 0 Å². The van der Waals surface area contributed by atoms with Crippen molar-refractivity contribution in [3.8, 4) is 0 Å². The molecule has 3 rings (SSSR count). The van der Waals surface area contributed by atoms with Crippen LogP contribution in [0.25, 0.3) is 0 Å². The molecule has 0 radical (unpaired) electrons. The van der Waals surface area contributed by atoms with Crippen molar-refractivity contribution in [1.82, 2.24) is 10.2 Å². The number of piperidine rings is 1. The van der Waals surface area contributed by atoms with Crippen molar-refractivity contribution in [3.63, 3.8) is 0 Å². The van der Waals surface area contributed by atoms with E-state index in [2.05, 4.69) is 5.32 Å². The summed E-state index contributed by atoms with van der Waals surface area (Å²) < 4.78 is 0. The van der Waals surface area contributed by atoms with Crippen LogP contribution in [0.1, 0.15) is 50.3 Å². The molecule has 1 aliphatic rings. The van der Waals surface area contributed by atoms with E-state index in [-0.39, 0.29) is 11.2 Å². The molecule has 0 bridgehead atoms. The molecule has 1 aliphatic heterocycles. The molecule has 0 aliphatic carbocycles. The maximum Gasteiger partial charge on any atom is 0.326 e. The van der Waals surface area contributed by atoms with Gasteiger partial charge < -0.3 is 15.3 Å². The van der Waals surface area contributed by atoms with E-state index in [1.165, 1.54) is 11.8 Å². The Morgan fingerprint density at radius 1 is 1.03 bits per heavy atom. The van der Waals surface area contributed by atoms with E-state index in [0.717, 1.165) is 22.9 Å². The number of carbonyl (C=O) groups is 4. The Kier molecular flexibility index (Phi) is 8.87. The molecule has 0 aromatic heterocycles. The highest BCUT2D eigenvalue weighted by Crippen LogP contribution is 2.35. The van der Waals surface area contributed by atoms with E-state index in [1.54, 1.807) is 6.92 Å². The predicted molar refractivity (Wildman–Crippen MR) is 131 cm³/mol. The zero-order valence-electron chi connectivity index (χ0n) is 19.3. The van der Waals surface area contributed by atoms with Crippen LogP contribution in [0.5, 0.6) is 0 Å². The number of aliphatic carboxylic acids is 1. The van der Waals surface area contributed by atoms with Gasteiger partial charge in [0.1, 0.15) is 12.1 Å². The molecule has 2 N–H and O–H groups in total. The molecule has 2 aromatic rings. The van der Waals surface area contributed by atoms with Gasteiger partial charge in [0, 0.05) is 6.92 Å². The third kappa shape index (κ3) is 6.47. The number of nitrogens with one attached hydrogen (secondary N) is 1. The van der Waals surface area contributed by atoms with Gasteiger partial charge in [0.2, 0.25) is 11.8 Å². The largest absolute Gasteiger partial charge is 0.480 e. The number of amides is 2. The van der Waals surface area contributed by atoms with Crippen molar-refractivity contribution in [3.05, 3.63) is 71.8 Å². The number of likely N-dealkylation sites (tertiary alicyclic amines) is 1. The van der Waals surface area contributed by atoms with Gasteiger partial charge in [0.15, 0.2) is 5.12 Å². The predicted octanol–water partition coefficient (Wildman–Crippen LogP) is 3.59. The highest BCUT2D eigenvalue weighted by atomic mass is 32.2. The molecule has 2 aromatic carbocycles. The Labute approximate surface area is 203 Å². The summed E-state index contributed by atoms with van der Waals surface area (Å²) in [5.41, 5.74) is 1.77. The summed E-state index contributed by atoms with van der Waals surface area (Å²) in [5.74, 6) is -1.92. The number of carboxylic acids is 1. The number of benzene rings is 2. The van der Waals surface area contributed by atoms with Gasteiger partial charge in [-0.05, 0) is 43.7 Å². The van der Waals surface area contributed by atoms with Gasteiger partial charge in [-0.2, -0.15) is 0 Å². The molecular weight excluding hydrogens is 452 g/mol. The topological polar surface area (TPSA) is 104 Å². The summed E-state index contributed by atoms with van der Waals surface area (Å²) in [7, 11) is 0. The summed E-state index contributed by atoms with van der Waals surface area (Å²) in [5, 5.41) is 11.7. The van der Waals surface area contributed by atoms with Gasteiger partial charge in [-0.1, -0.05) is 72.4 Å². The van der Waals surface area contributed by atoms with Crippen molar-refractivity contribution >= 4 is 34.7 Å². The van der Waals surface area contributed by atoms with Crippen LogP contribution in [0.15, 0.2) is 60.7 Å².